The third-order valence-corrected chi connectivity index (χ3v) is 4.44. The fourth-order valence-corrected chi connectivity index (χ4v) is 3.29. The lowest BCUT2D eigenvalue weighted by Gasteiger charge is -2.30. The molecule has 2 unspecified atom stereocenters. The number of hydrogen-bond acceptors (Lipinski definition) is 3. The van der Waals surface area contributed by atoms with E-state index in [1.165, 1.54) is 38.4 Å². The molecule has 1 aliphatic carbocycles. The third-order valence-electron chi connectivity index (χ3n) is 3.49. The summed E-state index contributed by atoms with van der Waals surface area (Å²) in [6, 6.07) is 0.536. The lowest BCUT2D eigenvalue weighted by molar-refractivity contribution is 0.255. The van der Waals surface area contributed by atoms with E-state index in [0.29, 0.717) is 12.6 Å². The highest BCUT2D eigenvalue weighted by Crippen LogP contribution is 2.29. The van der Waals surface area contributed by atoms with Crippen molar-refractivity contribution in [2.75, 3.05) is 18.6 Å². The molecule has 17 heavy (non-hydrogen) atoms. The average Bonchev–Trinajstić information content (AvgIpc) is 2.15. The average molecular weight is 261 g/mol. The fourth-order valence-electron chi connectivity index (χ4n) is 2.81. The molecule has 1 fully saturated rings. The lowest BCUT2D eigenvalue weighted by Crippen LogP contribution is -2.37. The molecule has 2 atom stereocenters. The van der Waals surface area contributed by atoms with Crippen molar-refractivity contribution in [2.45, 2.75) is 52.0 Å². The molecule has 0 heterocycles. The highest BCUT2D eigenvalue weighted by Gasteiger charge is 2.22. The van der Waals surface area contributed by atoms with Crippen LogP contribution in [0.15, 0.2) is 0 Å². The Balaban J connectivity index is 2.25. The van der Waals surface area contributed by atoms with Gasteiger partial charge < -0.3 is 5.32 Å². The van der Waals surface area contributed by atoms with Gasteiger partial charge in [0.2, 0.25) is 0 Å². The normalized spacial score (nSPS) is 26.4. The van der Waals surface area contributed by atoms with Gasteiger partial charge in [0.15, 0.2) is 0 Å². The van der Waals surface area contributed by atoms with E-state index in [0.717, 1.165) is 11.8 Å². The lowest BCUT2D eigenvalue weighted by atomic mass is 9.81. The molecule has 0 saturated heterocycles. The molecule has 0 bridgehead atoms. The number of sulfone groups is 1. The van der Waals surface area contributed by atoms with Gasteiger partial charge >= 0.3 is 0 Å². The van der Waals surface area contributed by atoms with Gasteiger partial charge in [-0.2, -0.15) is 0 Å². The molecule has 0 radical (unpaired) electrons. The second-order valence-electron chi connectivity index (χ2n) is 5.94. The zero-order valence-corrected chi connectivity index (χ0v) is 12.2. The summed E-state index contributed by atoms with van der Waals surface area (Å²) in [5, 5.41) is 3.40. The van der Waals surface area contributed by atoms with Crippen LogP contribution in [0.5, 0.6) is 0 Å². The van der Waals surface area contributed by atoms with E-state index in [-0.39, 0.29) is 5.75 Å². The standard InChI is InChI=1S/C13H27NO2S/c1-11(2)9-12-5-4-6-13(10-12)14-7-8-17(3,15)16/h11-14H,4-10H2,1-3H3. The summed E-state index contributed by atoms with van der Waals surface area (Å²) in [6.45, 7) is 5.17. The molecule has 102 valence electrons. The number of hydrogen-bond donors (Lipinski definition) is 1. The summed E-state index contributed by atoms with van der Waals surface area (Å²) in [5.41, 5.74) is 0. The van der Waals surface area contributed by atoms with Crippen molar-refractivity contribution in [3.8, 4) is 0 Å². The first-order chi connectivity index (χ1) is 7.87. The molecular weight excluding hydrogens is 234 g/mol. The number of rotatable bonds is 6. The van der Waals surface area contributed by atoms with Crippen LogP contribution in [0.2, 0.25) is 0 Å². The fraction of sp³-hybridized carbons (Fsp3) is 1.00. The van der Waals surface area contributed by atoms with Gasteiger partial charge in [0.05, 0.1) is 5.75 Å². The molecular formula is C13H27NO2S. The van der Waals surface area contributed by atoms with Gasteiger partial charge in [-0.1, -0.05) is 26.7 Å². The van der Waals surface area contributed by atoms with Crippen molar-refractivity contribution in [2.24, 2.45) is 11.8 Å². The Bertz CT molecular complexity index is 311. The van der Waals surface area contributed by atoms with E-state index in [2.05, 4.69) is 19.2 Å². The van der Waals surface area contributed by atoms with Crippen LogP contribution >= 0.6 is 0 Å². The van der Waals surface area contributed by atoms with Crippen molar-refractivity contribution < 1.29 is 8.42 Å². The van der Waals surface area contributed by atoms with Crippen LogP contribution in [0, 0.1) is 11.8 Å². The first-order valence-corrected chi connectivity index (χ1v) is 8.84. The van der Waals surface area contributed by atoms with Gasteiger partial charge in [0, 0.05) is 18.8 Å². The molecule has 1 saturated carbocycles. The van der Waals surface area contributed by atoms with E-state index in [1.807, 2.05) is 0 Å². The van der Waals surface area contributed by atoms with Crippen molar-refractivity contribution in [3.05, 3.63) is 0 Å². The smallest absolute Gasteiger partial charge is 0.148 e. The van der Waals surface area contributed by atoms with E-state index >= 15 is 0 Å². The van der Waals surface area contributed by atoms with Gasteiger partial charge in [-0.25, -0.2) is 8.42 Å². The molecule has 0 aliphatic heterocycles. The molecule has 1 aliphatic rings. The topological polar surface area (TPSA) is 46.2 Å². The minimum Gasteiger partial charge on any atom is -0.313 e. The molecule has 0 spiro atoms. The molecule has 0 amide bonds. The van der Waals surface area contributed by atoms with Gasteiger partial charge in [-0.05, 0) is 31.1 Å². The Hall–Kier alpha value is -0.0900. The third kappa shape index (κ3) is 7.04. The second-order valence-corrected chi connectivity index (χ2v) is 8.20. The first-order valence-electron chi connectivity index (χ1n) is 6.78. The molecule has 1 rings (SSSR count). The Morgan fingerprint density at radius 1 is 1.29 bits per heavy atom. The monoisotopic (exact) mass is 261 g/mol. The van der Waals surface area contributed by atoms with Crippen LogP contribution in [-0.2, 0) is 9.84 Å². The van der Waals surface area contributed by atoms with Crippen molar-refractivity contribution in [1.82, 2.24) is 5.32 Å². The van der Waals surface area contributed by atoms with Gasteiger partial charge in [0.25, 0.3) is 0 Å². The zero-order valence-electron chi connectivity index (χ0n) is 11.4. The van der Waals surface area contributed by atoms with Crippen molar-refractivity contribution in [1.29, 1.82) is 0 Å². The summed E-state index contributed by atoms with van der Waals surface area (Å²) in [4.78, 5) is 0. The summed E-state index contributed by atoms with van der Waals surface area (Å²) >= 11 is 0. The molecule has 0 aromatic carbocycles. The van der Waals surface area contributed by atoms with Crippen LogP contribution in [0.25, 0.3) is 0 Å². The molecule has 0 aromatic heterocycles. The highest BCUT2D eigenvalue weighted by atomic mass is 32.2. The van der Waals surface area contributed by atoms with Gasteiger partial charge in [-0.15, -0.1) is 0 Å². The zero-order chi connectivity index (χ0) is 12.9. The largest absolute Gasteiger partial charge is 0.313 e. The van der Waals surface area contributed by atoms with Crippen molar-refractivity contribution in [3.63, 3.8) is 0 Å². The van der Waals surface area contributed by atoms with Crippen LogP contribution in [0.4, 0.5) is 0 Å². The Kier molecular flexibility index (Phi) is 5.93. The molecule has 3 nitrogen and oxygen atoms in total. The summed E-state index contributed by atoms with van der Waals surface area (Å²) in [5.74, 6) is 1.87. The minimum absolute atomic E-state index is 0.262. The summed E-state index contributed by atoms with van der Waals surface area (Å²) in [6.07, 6.45) is 7.68. The predicted octanol–water partition coefficient (Wildman–Crippen LogP) is 2.23. The van der Waals surface area contributed by atoms with Gasteiger partial charge in [-0.3, -0.25) is 0 Å². The maximum Gasteiger partial charge on any atom is 0.148 e. The molecule has 1 N–H and O–H groups in total. The quantitative estimate of drug-likeness (QED) is 0.797. The number of nitrogens with one attached hydrogen (secondary N) is 1. The molecule has 0 aromatic rings. The minimum atomic E-state index is -2.82. The van der Waals surface area contributed by atoms with Crippen LogP contribution in [0.3, 0.4) is 0 Å². The Morgan fingerprint density at radius 3 is 2.59 bits per heavy atom. The van der Waals surface area contributed by atoms with E-state index in [4.69, 9.17) is 0 Å². The SMILES string of the molecule is CC(C)CC1CCCC(NCCS(C)(=O)=O)C1. The maximum atomic E-state index is 11.0. The highest BCUT2D eigenvalue weighted by molar-refractivity contribution is 7.90. The summed E-state index contributed by atoms with van der Waals surface area (Å²) in [7, 11) is -2.82. The Labute approximate surface area is 106 Å². The van der Waals surface area contributed by atoms with E-state index in [1.54, 1.807) is 0 Å². The maximum absolute atomic E-state index is 11.0. The van der Waals surface area contributed by atoms with E-state index < -0.39 is 9.84 Å². The van der Waals surface area contributed by atoms with Gasteiger partial charge in [0.1, 0.15) is 9.84 Å². The Morgan fingerprint density at radius 2 is 2.00 bits per heavy atom. The second kappa shape index (κ2) is 6.74. The first kappa shape index (κ1) is 15.0. The van der Waals surface area contributed by atoms with Crippen molar-refractivity contribution >= 4 is 9.84 Å². The predicted molar refractivity (Wildman–Crippen MR) is 72.9 cm³/mol. The van der Waals surface area contributed by atoms with E-state index in [9.17, 15) is 8.42 Å². The summed E-state index contributed by atoms with van der Waals surface area (Å²) < 4.78 is 22.1. The van der Waals surface area contributed by atoms with Crippen LogP contribution in [-0.4, -0.2) is 33.0 Å². The van der Waals surface area contributed by atoms with Crippen LogP contribution < -0.4 is 5.32 Å². The van der Waals surface area contributed by atoms with Crippen LogP contribution in [0.1, 0.15) is 46.0 Å². The molecule has 4 heteroatoms.